The van der Waals surface area contributed by atoms with Crippen LogP contribution >= 0.6 is 23.5 Å². The van der Waals surface area contributed by atoms with Crippen LogP contribution in [-0.4, -0.2) is 99.4 Å². The summed E-state index contributed by atoms with van der Waals surface area (Å²) in [5.74, 6) is 3.96. The van der Waals surface area contributed by atoms with Crippen molar-refractivity contribution >= 4 is 52.1 Å². The molecule has 2 spiro atoms. The fourth-order valence-corrected chi connectivity index (χ4v) is 14.4. The van der Waals surface area contributed by atoms with Crippen LogP contribution in [0.25, 0.3) is 0 Å². The van der Waals surface area contributed by atoms with Gasteiger partial charge in [0.1, 0.15) is 48.8 Å². The molecule has 6 heterocycles. The predicted molar refractivity (Wildman–Crippen MR) is 318 cm³/mol. The largest absolute Gasteiger partial charge is 0.497 e. The van der Waals surface area contributed by atoms with E-state index in [0.29, 0.717) is 32.9 Å². The number of aromatic nitrogens is 8. The molecular formula is C60H73N13O5S3. The first-order valence-electron chi connectivity index (χ1n) is 27.6. The van der Waals surface area contributed by atoms with E-state index in [1.807, 2.05) is 58.9 Å². The first-order chi connectivity index (χ1) is 39.0. The molecule has 2 aliphatic heterocycles. The molecule has 11 rings (SSSR count). The second kappa shape index (κ2) is 24.6. The molecule has 0 saturated carbocycles. The number of methoxy groups -OCH3 is 2. The lowest BCUT2D eigenvalue weighted by Gasteiger charge is -2.44. The minimum absolute atomic E-state index is 0.0193. The van der Waals surface area contributed by atoms with Crippen molar-refractivity contribution in [2.45, 2.75) is 136 Å². The van der Waals surface area contributed by atoms with Gasteiger partial charge in [0.25, 0.3) is 0 Å². The monoisotopic (exact) mass is 1150 g/mol. The van der Waals surface area contributed by atoms with Gasteiger partial charge in [0.05, 0.1) is 60.6 Å². The molecule has 2 fully saturated rings. The second-order valence-corrected chi connectivity index (χ2v) is 26.4. The average molecular weight is 1150 g/mol. The molecule has 3 aromatic carbocycles. The molecule has 0 bridgehead atoms. The Morgan fingerprint density at radius 1 is 0.691 bits per heavy atom. The third-order valence-corrected chi connectivity index (χ3v) is 19.9. The first-order valence-corrected chi connectivity index (χ1v) is 30.3. The molecule has 81 heavy (non-hydrogen) atoms. The second-order valence-electron chi connectivity index (χ2n) is 22.4. The van der Waals surface area contributed by atoms with E-state index >= 15 is 0 Å². The van der Waals surface area contributed by atoms with E-state index in [0.717, 1.165) is 122 Å². The molecule has 3 atom stereocenters. The maximum Gasteiger partial charge on any atom is 0.221 e. The molecule has 0 amide bonds. The van der Waals surface area contributed by atoms with E-state index < -0.39 is 11.0 Å². The molecule has 21 heteroatoms. The third kappa shape index (κ3) is 12.5. The molecule has 18 nitrogen and oxygen atoms in total. The first kappa shape index (κ1) is 57.9. The van der Waals surface area contributed by atoms with Crippen LogP contribution in [0.15, 0.2) is 111 Å². The number of anilines is 3. The number of aliphatic hydroxyl groups excluding tert-OH is 2. The van der Waals surface area contributed by atoms with Crippen LogP contribution in [0.2, 0.25) is 0 Å². The Labute approximate surface area is 485 Å². The minimum atomic E-state index is -1.19. The summed E-state index contributed by atoms with van der Waals surface area (Å²) < 4.78 is 27.4. The number of rotatable bonds is 15. The number of piperidine rings is 2. The van der Waals surface area contributed by atoms with Gasteiger partial charge in [-0.2, -0.15) is 0 Å². The number of aliphatic hydroxyl groups is 2. The van der Waals surface area contributed by atoms with Crippen molar-refractivity contribution in [2.75, 3.05) is 55.9 Å². The van der Waals surface area contributed by atoms with Crippen molar-refractivity contribution in [3.63, 3.8) is 0 Å². The zero-order valence-corrected chi connectivity index (χ0v) is 49.6. The Morgan fingerprint density at radius 3 is 1.79 bits per heavy atom. The quantitative estimate of drug-likeness (QED) is 0.0603. The van der Waals surface area contributed by atoms with Crippen molar-refractivity contribution in [3.8, 4) is 11.5 Å². The molecule has 0 radical (unpaired) electrons. The molecule has 2 aliphatic carbocycles. The summed E-state index contributed by atoms with van der Waals surface area (Å²) in [6.07, 6.45) is 10.5. The Balaban J connectivity index is 0.000000198. The highest BCUT2D eigenvalue weighted by molar-refractivity contribution is 7.99. The van der Waals surface area contributed by atoms with E-state index in [-0.39, 0.29) is 46.8 Å². The van der Waals surface area contributed by atoms with Crippen molar-refractivity contribution in [1.29, 1.82) is 0 Å². The highest BCUT2D eigenvalue weighted by Gasteiger charge is 2.49. The van der Waals surface area contributed by atoms with Crippen LogP contribution in [0.4, 0.5) is 17.6 Å². The summed E-state index contributed by atoms with van der Waals surface area (Å²) in [5.41, 5.74) is 21.5. The summed E-state index contributed by atoms with van der Waals surface area (Å²) >= 11 is 2.80. The van der Waals surface area contributed by atoms with Gasteiger partial charge in [0.15, 0.2) is 11.6 Å². The topological polar surface area (TPSA) is 250 Å². The fourth-order valence-electron chi connectivity index (χ4n) is 11.8. The number of nitrogens with zero attached hydrogens (tertiary/aromatic N) is 10. The summed E-state index contributed by atoms with van der Waals surface area (Å²) in [6, 6.07) is 26.7. The summed E-state index contributed by atoms with van der Waals surface area (Å²) in [7, 11) is 2.11. The Morgan fingerprint density at radius 2 is 1.23 bits per heavy atom. The van der Waals surface area contributed by atoms with E-state index in [4.69, 9.17) is 45.9 Å². The summed E-state index contributed by atoms with van der Waals surface area (Å²) in [6.45, 7) is 12.8. The van der Waals surface area contributed by atoms with Gasteiger partial charge in [-0.25, -0.2) is 48.8 Å². The number of aryl methyl sites for hydroxylation is 4. The number of hydrogen-bond donors (Lipinski definition) is 5. The smallest absolute Gasteiger partial charge is 0.221 e. The number of nitrogens with two attached hydrogens (primary N) is 2. The van der Waals surface area contributed by atoms with Gasteiger partial charge in [-0.3, -0.25) is 0 Å². The van der Waals surface area contributed by atoms with Crippen molar-refractivity contribution < 1.29 is 23.9 Å². The normalized spacial score (nSPS) is 18.3. The van der Waals surface area contributed by atoms with Gasteiger partial charge in [-0.1, -0.05) is 54.6 Å². The van der Waals surface area contributed by atoms with Gasteiger partial charge < -0.3 is 41.0 Å². The Hall–Kier alpha value is -6.33. The lowest BCUT2D eigenvalue weighted by atomic mass is 9.73. The van der Waals surface area contributed by atoms with Crippen LogP contribution in [-0.2, 0) is 49.9 Å². The molecule has 7 aromatic rings. The Bertz CT molecular complexity index is 3400. The van der Waals surface area contributed by atoms with Crippen LogP contribution in [0.3, 0.4) is 0 Å². The maximum absolute atomic E-state index is 13.3. The van der Waals surface area contributed by atoms with Crippen LogP contribution in [0.1, 0.15) is 115 Å². The molecule has 4 aromatic heterocycles. The number of ether oxygens (including phenoxy) is 2. The number of benzene rings is 3. The van der Waals surface area contributed by atoms with Crippen molar-refractivity contribution in [2.24, 2.45) is 16.6 Å². The van der Waals surface area contributed by atoms with Gasteiger partial charge in [-0.05, 0) is 160 Å². The Kier molecular flexibility index (Phi) is 17.6. The summed E-state index contributed by atoms with van der Waals surface area (Å²) in [5, 5.41) is 23.4. The van der Waals surface area contributed by atoms with E-state index in [1.54, 1.807) is 32.7 Å². The van der Waals surface area contributed by atoms with Gasteiger partial charge in [-0.15, -0.1) is 0 Å². The number of fused-ring (bicyclic) bond motifs is 2. The van der Waals surface area contributed by atoms with Crippen LogP contribution in [0.5, 0.6) is 11.5 Å². The summed E-state index contributed by atoms with van der Waals surface area (Å²) in [4.78, 5) is 41.4. The lowest BCUT2D eigenvalue weighted by molar-refractivity contribution is 0.176. The lowest BCUT2D eigenvalue weighted by Crippen LogP contribution is -2.48. The standard InChI is InChI=1S/C37H46N6O4S2.C23H27N7OS/c1-24-35(48-32-15-18-38-31(41-32)14-12-25-11-13-27(46-5)21-30(25)47-6)40-29(23-44)34(39-24)43-19-16-37(17-20-43)22-26-9-7-8-10-28(26)33(37)42-49(45)36(2,3)4;1-14-21(32-18-6-9-26-22(25)29-18)28-17(13-31)20(27-14)30-10-7-23(8-11-30)12-15-4-2-3-5-16(15)19(23)24/h7-11,13,15,18,21,33,42,44H,12,14,16-17,19-20,22-23H2,1-6H3;2-6,9,19,31H,7-8,10-13,24H2,1H3,(H2,25,26,29)/t33-,49+;19-/m11/s1. The highest BCUT2D eigenvalue weighted by Crippen LogP contribution is 2.54. The average Bonchev–Trinajstić information content (AvgIpc) is 4.08. The van der Waals surface area contributed by atoms with E-state index in [2.05, 4.69) is 78.0 Å². The number of nitrogen functional groups attached to an aromatic ring is 1. The maximum atomic E-state index is 13.3. The van der Waals surface area contributed by atoms with Crippen molar-refractivity contribution in [1.82, 2.24) is 44.6 Å². The van der Waals surface area contributed by atoms with Crippen LogP contribution < -0.4 is 35.5 Å². The number of nitrogens with one attached hydrogen (secondary N) is 1. The SMILES string of the molecule is COc1ccc(CCc2nccc(Sc3nc(CO)c(N4CCC5(CC4)Cc4ccccc4[C@H]5N[S@@](=O)C(C)(C)C)nc3C)n2)c(OC)c1.Cc1nc(N2CCC3(CC2)Cc2ccccc2[C@H]3N)c(CO)nc1Sc1ccnc(N)n1. The zero-order chi connectivity index (χ0) is 57.1. The highest BCUT2D eigenvalue weighted by atomic mass is 32.2. The van der Waals surface area contributed by atoms with Gasteiger partial charge >= 0.3 is 0 Å². The molecular weight excluding hydrogens is 1080 g/mol. The minimum Gasteiger partial charge on any atom is -0.497 e. The van der Waals surface area contributed by atoms with E-state index in [9.17, 15) is 14.4 Å². The molecule has 0 unspecified atom stereocenters. The van der Waals surface area contributed by atoms with Gasteiger partial charge in [0, 0.05) is 57.1 Å². The molecule has 4 aliphatic rings. The zero-order valence-electron chi connectivity index (χ0n) is 47.2. The number of hydrogen-bond acceptors (Lipinski definition) is 19. The third-order valence-electron chi connectivity index (χ3n) is 16.3. The van der Waals surface area contributed by atoms with Crippen LogP contribution in [0, 0.1) is 24.7 Å². The van der Waals surface area contributed by atoms with E-state index in [1.165, 1.54) is 45.8 Å². The molecule has 2 saturated heterocycles. The van der Waals surface area contributed by atoms with Crippen molar-refractivity contribution in [3.05, 3.63) is 148 Å². The van der Waals surface area contributed by atoms with Gasteiger partial charge in [0.2, 0.25) is 5.95 Å². The molecule has 7 N–H and O–H groups in total. The fraction of sp³-hybridized carbons (Fsp3) is 0.433. The molecule has 426 valence electrons. The predicted octanol–water partition coefficient (Wildman–Crippen LogP) is 8.60.